The van der Waals surface area contributed by atoms with E-state index >= 15 is 0 Å². The van der Waals surface area contributed by atoms with Crippen LogP contribution in [0, 0.1) is 5.82 Å². The summed E-state index contributed by atoms with van der Waals surface area (Å²) in [6.45, 7) is 0.916. The molecule has 0 unspecified atom stereocenters. The highest BCUT2D eigenvalue weighted by molar-refractivity contribution is 6.02. The van der Waals surface area contributed by atoms with Crippen LogP contribution in [0.5, 0.6) is 0 Å². The molecule has 7 heteroatoms. The van der Waals surface area contributed by atoms with E-state index < -0.39 is 5.91 Å². The van der Waals surface area contributed by atoms with Gasteiger partial charge in [-0.2, -0.15) is 0 Å². The molecule has 0 saturated heterocycles. The molecule has 2 rings (SSSR count). The molecule has 0 aliphatic rings. The summed E-state index contributed by atoms with van der Waals surface area (Å²) in [5.74, 6) is -0.758. The van der Waals surface area contributed by atoms with Crippen molar-refractivity contribution < 1.29 is 9.18 Å². The zero-order valence-electron chi connectivity index (χ0n) is 9.51. The standard InChI is InChI=1S/C11H12FN5O/c12-8-1-3-9(4-2-8)14-11(18)10-7-17(6-5-13)16-15-10/h1-4,7H,5-6,13H2,(H,14,18). The predicted octanol–water partition coefficient (Wildman–Crippen LogP) is 0.628. The van der Waals surface area contributed by atoms with Crippen molar-refractivity contribution in [1.29, 1.82) is 0 Å². The van der Waals surface area contributed by atoms with E-state index in [0.717, 1.165) is 0 Å². The van der Waals surface area contributed by atoms with E-state index in [4.69, 9.17) is 5.73 Å². The molecule has 0 aliphatic heterocycles. The van der Waals surface area contributed by atoms with Crippen LogP contribution in [0.3, 0.4) is 0 Å². The molecule has 3 N–H and O–H groups in total. The van der Waals surface area contributed by atoms with E-state index in [1.54, 1.807) is 0 Å². The molecule has 18 heavy (non-hydrogen) atoms. The van der Waals surface area contributed by atoms with Gasteiger partial charge in [0.15, 0.2) is 5.69 Å². The lowest BCUT2D eigenvalue weighted by Gasteiger charge is -2.01. The van der Waals surface area contributed by atoms with Gasteiger partial charge in [0.2, 0.25) is 0 Å². The fourth-order valence-corrected chi connectivity index (χ4v) is 1.37. The highest BCUT2D eigenvalue weighted by Crippen LogP contribution is 2.09. The maximum absolute atomic E-state index is 12.7. The second-order valence-electron chi connectivity index (χ2n) is 3.62. The zero-order valence-corrected chi connectivity index (χ0v) is 9.51. The fourth-order valence-electron chi connectivity index (χ4n) is 1.37. The monoisotopic (exact) mass is 249 g/mol. The Morgan fingerprint density at radius 2 is 2.11 bits per heavy atom. The molecular formula is C11H12FN5O. The van der Waals surface area contributed by atoms with Crippen LogP contribution in [0.4, 0.5) is 10.1 Å². The first-order valence-corrected chi connectivity index (χ1v) is 5.36. The Labute approximate surface area is 103 Å². The number of nitrogens with one attached hydrogen (secondary N) is 1. The molecule has 1 aromatic heterocycles. The average Bonchev–Trinajstić information content (AvgIpc) is 2.81. The normalized spacial score (nSPS) is 10.3. The molecule has 1 heterocycles. The van der Waals surface area contributed by atoms with Gasteiger partial charge >= 0.3 is 0 Å². The van der Waals surface area contributed by atoms with Gasteiger partial charge in [-0.15, -0.1) is 5.10 Å². The molecule has 0 atom stereocenters. The lowest BCUT2D eigenvalue weighted by atomic mass is 10.3. The van der Waals surface area contributed by atoms with E-state index in [1.165, 1.54) is 35.1 Å². The number of nitrogens with two attached hydrogens (primary N) is 1. The van der Waals surface area contributed by atoms with Crippen LogP contribution in [0.15, 0.2) is 30.5 Å². The van der Waals surface area contributed by atoms with Gasteiger partial charge in [0.05, 0.1) is 12.7 Å². The largest absolute Gasteiger partial charge is 0.329 e. The summed E-state index contributed by atoms with van der Waals surface area (Å²) < 4.78 is 14.2. The minimum absolute atomic E-state index is 0.188. The van der Waals surface area contributed by atoms with Gasteiger partial charge in [-0.3, -0.25) is 9.48 Å². The molecule has 94 valence electrons. The Morgan fingerprint density at radius 1 is 1.39 bits per heavy atom. The molecule has 6 nitrogen and oxygen atoms in total. The summed E-state index contributed by atoms with van der Waals surface area (Å²) in [5, 5.41) is 10.1. The third kappa shape index (κ3) is 2.89. The summed E-state index contributed by atoms with van der Waals surface area (Å²) in [4.78, 5) is 11.8. The number of rotatable bonds is 4. The molecule has 0 saturated carbocycles. The molecule has 2 aromatic rings. The first-order chi connectivity index (χ1) is 8.69. The van der Waals surface area contributed by atoms with Gasteiger partial charge in [0, 0.05) is 12.2 Å². The minimum atomic E-state index is -0.398. The lowest BCUT2D eigenvalue weighted by Crippen LogP contribution is -2.12. The Balaban J connectivity index is 2.04. The van der Waals surface area contributed by atoms with Crippen molar-refractivity contribution in [3.8, 4) is 0 Å². The third-order valence-electron chi connectivity index (χ3n) is 2.23. The van der Waals surface area contributed by atoms with Crippen molar-refractivity contribution in [1.82, 2.24) is 15.0 Å². The van der Waals surface area contributed by atoms with Gasteiger partial charge in [0.25, 0.3) is 5.91 Å². The van der Waals surface area contributed by atoms with E-state index in [-0.39, 0.29) is 11.5 Å². The maximum Gasteiger partial charge on any atom is 0.277 e. The van der Waals surface area contributed by atoms with Crippen molar-refractivity contribution >= 4 is 11.6 Å². The van der Waals surface area contributed by atoms with Crippen LogP contribution in [0.2, 0.25) is 0 Å². The lowest BCUT2D eigenvalue weighted by molar-refractivity contribution is 0.102. The summed E-state index contributed by atoms with van der Waals surface area (Å²) in [6, 6.07) is 5.47. The summed E-state index contributed by atoms with van der Waals surface area (Å²) in [7, 11) is 0. The molecular weight excluding hydrogens is 237 g/mol. The average molecular weight is 249 g/mol. The number of carbonyl (C=O) groups is 1. The van der Waals surface area contributed by atoms with Crippen LogP contribution in [0.25, 0.3) is 0 Å². The Bertz CT molecular complexity index is 537. The molecule has 0 bridgehead atoms. The van der Waals surface area contributed by atoms with Crippen LogP contribution in [0.1, 0.15) is 10.5 Å². The van der Waals surface area contributed by atoms with E-state index in [2.05, 4.69) is 15.6 Å². The number of carbonyl (C=O) groups excluding carboxylic acids is 1. The van der Waals surface area contributed by atoms with Gasteiger partial charge in [-0.05, 0) is 24.3 Å². The minimum Gasteiger partial charge on any atom is -0.329 e. The highest BCUT2D eigenvalue weighted by Gasteiger charge is 2.10. The maximum atomic E-state index is 12.7. The summed E-state index contributed by atoms with van der Waals surface area (Å²) in [5.41, 5.74) is 6.04. The van der Waals surface area contributed by atoms with Crippen molar-refractivity contribution in [2.75, 3.05) is 11.9 Å². The number of amides is 1. The molecule has 1 amide bonds. The van der Waals surface area contributed by atoms with Crippen LogP contribution in [-0.4, -0.2) is 27.4 Å². The smallest absolute Gasteiger partial charge is 0.277 e. The van der Waals surface area contributed by atoms with E-state index in [1.807, 2.05) is 0 Å². The van der Waals surface area contributed by atoms with Crippen LogP contribution < -0.4 is 11.1 Å². The quantitative estimate of drug-likeness (QED) is 0.832. The van der Waals surface area contributed by atoms with Gasteiger partial charge in [-0.25, -0.2) is 4.39 Å². The summed E-state index contributed by atoms with van der Waals surface area (Å²) in [6.07, 6.45) is 1.51. The van der Waals surface area contributed by atoms with Crippen LogP contribution >= 0.6 is 0 Å². The molecule has 1 aromatic carbocycles. The van der Waals surface area contributed by atoms with Gasteiger partial charge in [-0.1, -0.05) is 5.21 Å². The number of nitrogens with zero attached hydrogens (tertiary/aromatic N) is 3. The van der Waals surface area contributed by atoms with Crippen molar-refractivity contribution in [3.63, 3.8) is 0 Å². The molecule has 0 radical (unpaired) electrons. The Kier molecular flexibility index (Phi) is 3.63. The number of hydrogen-bond acceptors (Lipinski definition) is 4. The zero-order chi connectivity index (χ0) is 13.0. The number of benzene rings is 1. The number of hydrogen-bond donors (Lipinski definition) is 2. The van der Waals surface area contributed by atoms with E-state index in [0.29, 0.717) is 18.8 Å². The van der Waals surface area contributed by atoms with Crippen molar-refractivity contribution in [2.24, 2.45) is 5.73 Å². The topological polar surface area (TPSA) is 85.8 Å². The molecule has 0 spiro atoms. The summed E-state index contributed by atoms with van der Waals surface area (Å²) >= 11 is 0. The van der Waals surface area contributed by atoms with E-state index in [9.17, 15) is 9.18 Å². The first kappa shape index (κ1) is 12.2. The SMILES string of the molecule is NCCn1cc(C(=O)Nc2ccc(F)cc2)nn1. The Morgan fingerprint density at radius 3 is 2.78 bits per heavy atom. The van der Waals surface area contributed by atoms with Crippen LogP contribution in [-0.2, 0) is 6.54 Å². The van der Waals surface area contributed by atoms with Crippen molar-refractivity contribution in [2.45, 2.75) is 6.54 Å². The van der Waals surface area contributed by atoms with Gasteiger partial charge in [0.1, 0.15) is 5.82 Å². The Hall–Kier alpha value is -2.28. The highest BCUT2D eigenvalue weighted by atomic mass is 19.1. The first-order valence-electron chi connectivity index (χ1n) is 5.36. The molecule has 0 fully saturated rings. The number of anilines is 1. The number of halogens is 1. The second kappa shape index (κ2) is 5.37. The number of aromatic nitrogens is 3. The fraction of sp³-hybridized carbons (Fsp3) is 0.182. The predicted molar refractivity (Wildman–Crippen MR) is 63.4 cm³/mol. The van der Waals surface area contributed by atoms with Crippen molar-refractivity contribution in [3.05, 3.63) is 42.0 Å². The molecule has 0 aliphatic carbocycles. The third-order valence-corrected chi connectivity index (χ3v) is 2.23. The second-order valence-corrected chi connectivity index (χ2v) is 3.62. The van der Waals surface area contributed by atoms with Gasteiger partial charge < -0.3 is 11.1 Å².